The maximum atomic E-state index is 12.3. The molecule has 1 aromatic carbocycles. The fourth-order valence-electron chi connectivity index (χ4n) is 3.04. The van der Waals surface area contributed by atoms with E-state index in [1.807, 2.05) is 18.2 Å². The van der Waals surface area contributed by atoms with Gasteiger partial charge < -0.3 is 15.5 Å². The molecule has 4 rings (SSSR count). The Kier molecular flexibility index (Phi) is 3.53. The number of carbonyl (C=O) groups is 1. The molecule has 0 spiro atoms. The molecule has 0 aliphatic carbocycles. The van der Waals surface area contributed by atoms with Crippen LogP contribution in [-0.2, 0) is 0 Å². The first-order chi connectivity index (χ1) is 11.2. The molecule has 2 aliphatic rings. The Balaban J connectivity index is 1.72. The van der Waals surface area contributed by atoms with Crippen molar-refractivity contribution in [3.05, 3.63) is 35.0 Å². The molecule has 0 radical (unpaired) electrons. The predicted molar refractivity (Wildman–Crippen MR) is 90.8 cm³/mol. The van der Waals surface area contributed by atoms with Crippen molar-refractivity contribution < 1.29 is 4.79 Å². The summed E-state index contributed by atoms with van der Waals surface area (Å²) in [6.07, 6.45) is 3.72. The normalized spacial score (nSPS) is 16.7. The van der Waals surface area contributed by atoms with E-state index in [0.717, 1.165) is 30.2 Å². The van der Waals surface area contributed by atoms with Gasteiger partial charge in [0, 0.05) is 18.8 Å². The summed E-state index contributed by atoms with van der Waals surface area (Å²) >= 11 is 5.85. The average molecular weight is 330 g/mol. The zero-order chi connectivity index (χ0) is 15.8. The van der Waals surface area contributed by atoms with E-state index in [-0.39, 0.29) is 11.1 Å². The highest BCUT2D eigenvalue weighted by molar-refractivity contribution is 6.30. The molecule has 1 saturated heterocycles. The summed E-state index contributed by atoms with van der Waals surface area (Å²) in [5, 5.41) is 14.1. The molecule has 1 fully saturated rings. The van der Waals surface area contributed by atoms with E-state index in [1.165, 1.54) is 25.3 Å². The number of aromatic nitrogens is 2. The maximum Gasteiger partial charge on any atom is 0.259 e. The van der Waals surface area contributed by atoms with Crippen LogP contribution in [0.1, 0.15) is 29.6 Å². The lowest BCUT2D eigenvalue weighted by Gasteiger charge is -2.29. The number of nitrogens with zero attached hydrogens (tertiary/aromatic N) is 3. The highest BCUT2D eigenvalue weighted by Gasteiger charge is 2.22. The Morgan fingerprint density at radius 3 is 2.65 bits per heavy atom. The average Bonchev–Trinajstić information content (AvgIpc) is 2.71. The van der Waals surface area contributed by atoms with E-state index >= 15 is 0 Å². The number of hydrogen-bond acceptors (Lipinski definition) is 5. The van der Waals surface area contributed by atoms with Gasteiger partial charge >= 0.3 is 0 Å². The molecule has 1 aromatic heterocycles. The van der Waals surface area contributed by atoms with E-state index in [0.29, 0.717) is 11.4 Å². The summed E-state index contributed by atoms with van der Waals surface area (Å²) < 4.78 is 0. The molecule has 3 heterocycles. The van der Waals surface area contributed by atoms with Crippen LogP contribution >= 0.6 is 11.6 Å². The Morgan fingerprint density at radius 2 is 1.83 bits per heavy atom. The highest BCUT2D eigenvalue weighted by Crippen LogP contribution is 2.34. The minimum Gasteiger partial charge on any atom is -0.371 e. The Bertz CT molecular complexity index is 773. The van der Waals surface area contributed by atoms with Gasteiger partial charge in [-0.1, -0.05) is 11.6 Å². The van der Waals surface area contributed by atoms with Gasteiger partial charge in [-0.25, -0.2) is 0 Å². The number of hydrogen-bond donors (Lipinski definition) is 2. The molecular weight excluding hydrogens is 314 g/mol. The monoisotopic (exact) mass is 329 g/mol. The highest BCUT2D eigenvalue weighted by atomic mass is 35.5. The van der Waals surface area contributed by atoms with E-state index in [1.54, 1.807) is 0 Å². The van der Waals surface area contributed by atoms with Gasteiger partial charge in [-0.2, -0.15) is 0 Å². The van der Waals surface area contributed by atoms with Crippen molar-refractivity contribution in [1.82, 2.24) is 10.2 Å². The van der Waals surface area contributed by atoms with Crippen molar-refractivity contribution in [3.8, 4) is 0 Å². The number of piperidine rings is 1. The van der Waals surface area contributed by atoms with Gasteiger partial charge in [-0.3, -0.25) is 4.79 Å². The molecule has 0 unspecified atom stereocenters. The van der Waals surface area contributed by atoms with Gasteiger partial charge in [0.25, 0.3) is 5.91 Å². The Hall–Kier alpha value is -2.34. The van der Waals surface area contributed by atoms with Gasteiger partial charge in [-0.05, 0) is 43.5 Å². The van der Waals surface area contributed by atoms with Gasteiger partial charge in [0.2, 0.25) is 0 Å². The number of nitrogens with one attached hydrogen (secondary N) is 2. The third kappa shape index (κ3) is 2.70. The van der Waals surface area contributed by atoms with Crippen LogP contribution in [0.25, 0.3) is 0 Å². The largest absolute Gasteiger partial charge is 0.371 e. The number of amides is 1. The minimum atomic E-state index is -0.242. The van der Waals surface area contributed by atoms with E-state index in [9.17, 15) is 4.79 Å². The summed E-state index contributed by atoms with van der Waals surface area (Å²) in [4.78, 5) is 14.7. The first-order valence-electron chi connectivity index (χ1n) is 7.71. The minimum absolute atomic E-state index is 0.195. The van der Waals surface area contributed by atoms with Crippen molar-refractivity contribution in [1.29, 1.82) is 0 Å². The molecule has 7 heteroatoms. The number of halogens is 1. The quantitative estimate of drug-likeness (QED) is 0.838. The van der Waals surface area contributed by atoms with Crippen LogP contribution < -0.4 is 15.5 Å². The molecule has 0 atom stereocenters. The zero-order valence-electron chi connectivity index (χ0n) is 12.5. The molecule has 118 valence electrons. The Labute approximate surface area is 138 Å². The maximum absolute atomic E-state index is 12.3. The van der Waals surface area contributed by atoms with E-state index in [2.05, 4.69) is 25.7 Å². The molecule has 2 aromatic rings. The molecule has 6 nitrogen and oxygen atoms in total. The van der Waals surface area contributed by atoms with Crippen LogP contribution in [0.4, 0.5) is 22.9 Å². The second-order valence-electron chi connectivity index (χ2n) is 5.79. The summed E-state index contributed by atoms with van der Waals surface area (Å²) in [7, 11) is 0. The molecular formula is C16H16ClN5O. The van der Waals surface area contributed by atoms with E-state index < -0.39 is 0 Å². The van der Waals surface area contributed by atoms with Gasteiger partial charge in [0.05, 0.1) is 16.9 Å². The smallest absolute Gasteiger partial charge is 0.259 e. The zero-order valence-corrected chi connectivity index (χ0v) is 13.2. The number of carbonyl (C=O) groups excluding carboxylic acids is 1. The molecule has 0 saturated carbocycles. The van der Waals surface area contributed by atoms with E-state index in [4.69, 9.17) is 11.6 Å². The van der Waals surface area contributed by atoms with Gasteiger partial charge in [0.15, 0.2) is 11.0 Å². The fourth-order valence-corrected chi connectivity index (χ4v) is 3.19. The second-order valence-corrected chi connectivity index (χ2v) is 6.17. The summed E-state index contributed by atoms with van der Waals surface area (Å²) in [6, 6.07) is 7.53. The molecule has 1 amide bonds. The first kappa shape index (κ1) is 14.3. The molecule has 2 aliphatic heterocycles. The molecule has 0 bridgehead atoms. The lowest BCUT2D eigenvalue weighted by atomic mass is 10.1. The third-order valence-corrected chi connectivity index (χ3v) is 4.42. The number of rotatable bonds is 1. The van der Waals surface area contributed by atoms with Crippen molar-refractivity contribution in [3.63, 3.8) is 0 Å². The number of anilines is 4. The topological polar surface area (TPSA) is 70.2 Å². The lowest BCUT2D eigenvalue weighted by Crippen LogP contribution is -2.29. The molecule has 23 heavy (non-hydrogen) atoms. The SMILES string of the molecule is O=C1Nc2ccc(N3CCCCC3)cc2Nc2nnc(Cl)cc21. The van der Waals surface area contributed by atoms with Crippen LogP contribution in [0.5, 0.6) is 0 Å². The predicted octanol–water partition coefficient (Wildman–Crippen LogP) is 3.43. The second kappa shape index (κ2) is 5.70. The van der Waals surface area contributed by atoms with Crippen LogP contribution in [0.2, 0.25) is 5.15 Å². The Morgan fingerprint density at radius 1 is 1.00 bits per heavy atom. The number of benzene rings is 1. The summed E-state index contributed by atoms with van der Waals surface area (Å²) in [5.41, 5.74) is 3.08. The summed E-state index contributed by atoms with van der Waals surface area (Å²) in [6.45, 7) is 2.13. The van der Waals surface area contributed by atoms with Gasteiger partial charge in [-0.15, -0.1) is 10.2 Å². The van der Waals surface area contributed by atoms with Crippen molar-refractivity contribution in [2.45, 2.75) is 19.3 Å². The van der Waals surface area contributed by atoms with Crippen LogP contribution in [-0.4, -0.2) is 29.2 Å². The first-order valence-corrected chi connectivity index (χ1v) is 8.09. The summed E-state index contributed by atoms with van der Waals surface area (Å²) in [5.74, 6) is 0.176. The van der Waals surface area contributed by atoms with Crippen LogP contribution in [0, 0.1) is 0 Å². The fraction of sp³-hybridized carbons (Fsp3) is 0.312. The third-order valence-electron chi connectivity index (χ3n) is 4.23. The van der Waals surface area contributed by atoms with Crippen LogP contribution in [0.3, 0.4) is 0 Å². The standard InChI is InChI=1S/C16H16ClN5O/c17-14-9-11-15(21-20-14)18-13-8-10(22-6-2-1-3-7-22)4-5-12(13)19-16(11)23/h4-5,8-9H,1-3,6-7H2,(H,18,21)(H,19,23). The van der Waals surface area contributed by atoms with Crippen LogP contribution in [0.15, 0.2) is 24.3 Å². The number of fused-ring (bicyclic) bond motifs is 2. The lowest BCUT2D eigenvalue weighted by molar-refractivity contribution is 0.102. The van der Waals surface area contributed by atoms with Gasteiger partial charge in [0.1, 0.15) is 0 Å². The molecule has 2 N–H and O–H groups in total. The van der Waals surface area contributed by atoms with Crippen molar-refractivity contribution >= 4 is 40.4 Å². The van der Waals surface area contributed by atoms with Crippen molar-refractivity contribution in [2.75, 3.05) is 28.6 Å². The van der Waals surface area contributed by atoms with Crippen molar-refractivity contribution in [2.24, 2.45) is 0 Å².